The molecule has 0 saturated carbocycles. The fourth-order valence-electron chi connectivity index (χ4n) is 1.59. The van der Waals surface area contributed by atoms with Gasteiger partial charge in [0.2, 0.25) is 0 Å². The molecular weight excluding hydrogens is 214 g/mol. The van der Waals surface area contributed by atoms with Crippen molar-refractivity contribution in [3.63, 3.8) is 0 Å². The van der Waals surface area contributed by atoms with E-state index in [9.17, 15) is 5.21 Å². The number of ether oxygens (including phenoxy) is 1. The molecule has 0 fully saturated rings. The fourth-order valence-corrected chi connectivity index (χ4v) is 1.59. The van der Waals surface area contributed by atoms with Crippen LogP contribution in [0, 0.1) is 11.1 Å². The fraction of sp³-hybridized carbons (Fsp3) is 0.929. The van der Waals surface area contributed by atoms with Crippen LogP contribution in [0.3, 0.4) is 0 Å². The molecule has 0 aromatic rings. The summed E-state index contributed by atoms with van der Waals surface area (Å²) in [6.45, 7) is 10.2. The van der Waals surface area contributed by atoms with E-state index < -0.39 is 0 Å². The van der Waals surface area contributed by atoms with Gasteiger partial charge in [-0.25, -0.2) is 4.74 Å². The highest BCUT2D eigenvalue weighted by Crippen LogP contribution is 2.19. The molecule has 0 aliphatic heterocycles. The minimum absolute atomic E-state index is 0.0219. The van der Waals surface area contributed by atoms with Crippen molar-refractivity contribution in [3.8, 4) is 0 Å². The van der Waals surface area contributed by atoms with Gasteiger partial charge in [-0.3, -0.25) is 0 Å². The zero-order valence-corrected chi connectivity index (χ0v) is 12.3. The second-order valence-electron chi connectivity index (χ2n) is 5.83. The first-order chi connectivity index (χ1) is 7.78. The van der Waals surface area contributed by atoms with E-state index in [1.54, 1.807) is 13.3 Å². The highest BCUT2D eigenvalue weighted by molar-refractivity contribution is 5.51. The molecule has 0 bridgehead atoms. The van der Waals surface area contributed by atoms with E-state index in [-0.39, 0.29) is 11.6 Å². The van der Waals surface area contributed by atoms with Gasteiger partial charge in [-0.2, -0.15) is 0 Å². The van der Waals surface area contributed by atoms with Crippen molar-refractivity contribution >= 4 is 6.21 Å². The van der Waals surface area contributed by atoms with Crippen LogP contribution in [0.1, 0.15) is 60.3 Å². The predicted octanol–water partition coefficient (Wildman–Crippen LogP) is 3.60. The standard InChI is InChI=1S/C14H29NO2/c1-12(2)15(16)11-9-13(3)8-7-10-14(4,5)17-6/h11-13H,7-10H2,1-6H3. The van der Waals surface area contributed by atoms with Crippen LogP contribution in [-0.4, -0.2) is 29.7 Å². The highest BCUT2D eigenvalue weighted by Gasteiger charge is 2.16. The van der Waals surface area contributed by atoms with E-state index in [0.717, 1.165) is 30.4 Å². The molecule has 0 radical (unpaired) electrons. The third kappa shape index (κ3) is 8.19. The van der Waals surface area contributed by atoms with Gasteiger partial charge in [0, 0.05) is 13.5 Å². The summed E-state index contributed by atoms with van der Waals surface area (Å²) in [7, 11) is 1.76. The molecule has 3 heteroatoms. The molecule has 0 saturated heterocycles. The van der Waals surface area contributed by atoms with Crippen LogP contribution in [-0.2, 0) is 4.74 Å². The normalized spacial score (nSPS) is 15.4. The number of rotatable bonds is 8. The monoisotopic (exact) mass is 243 g/mol. The molecule has 3 nitrogen and oxygen atoms in total. The average Bonchev–Trinajstić information content (AvgIpc) is 2.25. The van der Waals surface area contributed by atoms with Crippen LogP contribution < -0.4 is 0 Å². The van der Waals surface area contributed by atoms with Gasteiger partial charge in [0.25, 0.3) is 0 Å². The van der Waals surface area contributed by atoms with Crippen LogP contribution in [0.4, 0.5) is 0 Å². The molecule has 0 heterocycles. The van der Waals surface area contributed by atoms with Crippen molar-refractivity contribution in [1.82, 2.24) is 0 Å². The summed E-state index contributed by atoms with van der Waals surface area (Å²) in [5, 5.41) is 11.4. The van der Waals surface area contributed by atoms with Gasteiger partial charge in [0.05, 0.1) is 5.60 Å². The van der Waals surface area contributed by atoms with Crippen LogP contribution in [0.15, 0.2) is 0 Å². The molecule has 0 aromatic heterocycles. The van der Waals surface area contributed by atoms with Crippen LogP contribution >= 0.6 is 0 Å². The summed E-state index contributed by atoms with van der Waals surface area (Å²) in [4.78, 5) is 0. The van der Waals surface area contributed by atoms with Crippen molar-refractivity contribution in [1.29, 1.82) is 0 Å². The number of hydrogen-bond donors (Lipinski definition) is 0. The molecular formula is C14H29NO2. The van der Waals surface area contributed by atoms with Gasteiger partial charge in [0.1, 0.15) is 0 Å². The van der Waals surface area contributed by atoms with Crippen LogP contribution in [0.2, 0.25) is 0 Å². The minimum atomic E-state index is -0.0219. The lowest BCUT2D eigenvalue weighted by Crippen LogP contribution is -2.22. The van der Waals surface area contributed by atoms with E-state index >= 15 is 0 Å². The lowest BCUT2D eigenvalue weighted by Gasteiger charge is -2.23. The van der Waals surface area contributed by atoms with E-state index in [1.165, 1.54) is 0 Å². The van der Waals surface area contributed by atoms with Gasteiger partial charge in [0.15, 0.2) is 12.3 Å². The van der Waals surface area contributed by atoms with Gasteiger partial charge in [-0.1, -0.05) is 19.8 Å². The summed E-state index contributed by atoms with van der Waals surface area (Å²) in [6.07, 6.45) is 6.01. The summed E-state index contributed by atoms with van der Waals surface area (Å²) < 4.78 is 6.43. The number of hydrogen-bond acceptors (Lipinski definition) is 2. The molecule has 0 rings (SSSR count). The van der Waals surface area contributed by atoms with Crippen LogP contribution in [0.25, 0.3) is 0 Å². The molecule has 0 amide bonds. The average molecular weight is 243 g/mol. The van der Waals surface area contributed by atoms with E-state index in [2.05, 4.69) is 20.8 Å². The Morgan fingerprint density at radius 3 is 2.35 bits per heavy atom. The minimum Gasteiger partial charge on any atom is -0.624 e. The Morgan fingerprint density at radius 2 is 1.88 bits per heavy atom. The maximum absolute atomic E-state index is 11.4. The molecule has 0 aliphatic rings. The SMILES string of the molecule is COC(C)(C)CCCC(C)CC=[N+]([O-])C(C)C. The lowest BCUT2D eigenvalue weighted by molar-refractivity contribution is -0.488. The molecule has 102 valence electrons. The van der Waals surface area contributed by atoms with Crippen molar-refractivity contribution in [2.45, 2.75) is 71.9 Å². The first-order valence-corrected chi connectivity index (χ1v) is 6.62. The van der Waals surface area contributed by atoms with Crippen molar-refractivity contribution in [3.05, 3.63) is 5.21 Å². The zero-order chi connectivity index (χ0) is 13.5. The molecule has 0 aliphatic carbocycles. The summed E-state index contributed by atoms with van der Waals surface area (Å²) in [6, 6.07) is 0.0506. The number of hydroxylamine groups is 1. The topological polar surface area (TPSA) is 35.3 Å². The molecule has 1 atom stereocenters. The Hall–Kier alpha value is -0.570. The molecule has 0 aromatic carbocycles. The third-order valence-corrected chi connectivity index (χ3v) is 3.23. The van der Waals surface area contributed by atoms with Gasteiger partial charge in [-0.15, -0.1) is 0 Å². The maximum atomic E-state index is 11.4. The quantitative estimate of drug-likeness (QED) is 0.282. The Kier molecular flexibility index (Phi) is 7.44. The maximum Gasteiger partial charge on any atom is 0.157 e. The van der Waals surface area contributed by atoms with Gasteiger partial charge >= 0.3 is 0 Å². The smallest absolute Gasteiger partial charge is 0.157 e. The number of nitrogens with zero attached hydrogens (tertiary/aromatic N) is 1. The summed E-state index contributed by atoms with van der Waals surface area (Å²) in [5.74, 6) is 0.567. The van der Waals surface area contributed by atoms with Gasteiger partial charge in [-0.05, 0) is 40.0 Å². The van der Waals surface area contributed by atoms with E-state index in [1.807, 2.05) is 13.8 Å². The Labute approximate surface area is 106 Å². The zero-order valence-electron chi connectivity index (χ0n) is 12.3. The van der Waals surface area contributed by atoms with Crippen molar-refractivity contribution in [2.24, 2.45) is 5.92 Å². The summed E-state index contributed by atoms with van der Waals surface area (Å²) in [5.41, 5.74) is -0.0219. The second-order valence-corrected chi connectivity index (χ2v) is 5.83. The first-order valence-electron chi connectivity index (χ1n) is 6.62. The Morgan fingerprint density at radius 1 is 1.29 bits per heavy atom. The van der Waals surface area contributed by atoms with Gasteiger partial charge < -0.3 is 9.94 Å². The number of methoxy groups -OCH3 is 1. The third-order valence-electron chi connectivity index (χ3n) is 3.23. The summed E-state index contributed by atoms with van der Waals surface area (Å²) >= 11 is 0. The molecule has 0 spiro atoms. The van der Waals surface area contributed by atoms with Crippen LogP contribution in [0.5, 0.6) is 0 Å². The predicted molar refractivity (Wildman–Crippen MR) is 73.5 cm³/mol. The first kappa shape index (κ1) is 16.4. The largest absolute Gasteiger partial charge is 0.624 e. The van der Waals surface area contributed by atoms with E-state index in [4.69, 9.17) is 4.74 Å². The highest BCUT2D eigenvalue weighted by atomic mass is 16.5. The Bertz CT molecular complexity index is 234. The molecule has 17 heavy (non-hydrogen) atoms. The van der Waals surface area contributed by atoms with Crippen molar-refractivity contribution in [2.75, 3.05) is 7.11 Å². The molecule has 0 N–H and O–H groups in total. The Balaban J connectivity index is 3.81. The van der Waals surface area contributed by atoms with Crippen molar-refractivity contribution < 1.29 is 9.48 Å². The van der Waals surface area contributed by atoms with E-state index in [0.29, 0.717) is 5.92 Å². The second kappa shape index (κ2) is 7.70. The molecule has 1 unspecified atom stereocenters. The lowest BCUT2D eigenvalue weighted by atomic mass is 9.95.